The van der Waals surface area contributed by atoms with Crippen LogP contribution >= 0.6 is 0 Å². The van der Waals surface area contributed by atoms with Gasteiger partial charge in [-0.1, -0.05) is 17.3 Å². The lowest BCUT2D eigenvalue weighted by Gasteiger charge is -2.16. The highest BCUT2D eigenvalue weighted by molar-refractivity contribution is 5.74. The minimum atomic E-state index is -4.42. The van der Waals surface area contributed by atoms with Crippen molar-refractivity contribution in [2.24, 2.45) is 0 Å². The average molecular weight is 342 g/mol. The molecule has 1 aromatic carbocycles. The summed E-state index contributed by atoms with van der Waals surface area (Å²) in [6.07, 6.45) is -4.05. The summed E-state index contributed by atoms with van der Waals surface area (Å²) in [5.74, 6) is 0.909. The lowest BCUT2D eigenvalue weighted by atomic mass is 10.1. The van der Waals surface area contributed by atoms with Crippen LogP contribution < -0.4 is 10.6 Å². The normalized spacial score (nSPS) is 12.7. The van der Waals surface area contributed by atoms with Gasteiger partial charge in [-0.25, -0.2) is 4.79 Å². The molecular weight excluding hydrogens is 325 g/mol. The van der Waals surface area contributed by atoms with Crippen molar-refractivity contribution in [2.75, 3.05) is 6.54 Å². The van der Waals surface area contributed by atoms with Crippen LogP contribution in [0.15, 0.2) is 28.8 Å². The van der Waals surface area contributed by atoms with Crippen molar-refractivity contribution in [1.29, 1.82) is 0 Å². The maximum Gasteiger partial charge on any atom is 0.416 e. The molecule has 2 amide bonds. The Kier molecular flexibility index (Phi) is 5.42. The Morgan fingerprint density at radius 3 is 2.75 bits per heavy atom. The Balaban J connectivity index is 1.85. The first kappa shape index (κ1) is 17.8. The topological polar surface area (TPSA) is 80.0 Å². The van der Waals surface area contributed by atoms with Gasteiger partial charge in [0.2, 0.25) is 5.89 Å². The number of carbonyl (C=O) groups is 1. The van der Waals surface area contributed by atoms with Gasteiger partial charge < -0.3 is 15.2 Å². The lowest BCUT2D eigenvalue weighted by molar-refractivity contribution is -0.137. The Bertz CT molecular complexity index is 700. The largest absolute Gasteiger partial charge is 0.416 e. The highest BCUT2D eigenvalue weighted by Crippen LogP contribution is 2.30. The van der Waals surface area contributed by atoms with Gasteiger partial charge in [0.25, 0.3) is 0 Å². The Hall–Kier alpha value is -2.58. The van der Waals surface area contributed by atoms with Crippen LogP contribution in [0, 0.1) is 6.92 Å². The summed E-state index contributed by atoms with van der Waals surface area (Å²) in [4.78, 5) is 15.8. The van der Waals surface area contributed by atoms with E-state index in [4.69, 9.17) is 4.52 Å². The summed E-state index contributed by atoms with van der Waals surface area (Å²) >= 11 is 0. The first-order valence-corrected chi connectivity index (χ1v) is 7.26. The van der Waals surface area contributed by atoms with Crippen molar-refractivity contribution < 1.29 is 22.5 Å². The fraction of sp³-hybridized carbons (Fsp3) is 0.400. The number of amides is 2. The molecule has 1 atom stereocenters. The third-order valence-corrected chi connectivity index (χ3v) is 3.26. The molecule has 0 aliphatic heterocycles. The summed E-state index contributed by atoms with van der Waals surface area (Å²) in [6, 6.07) is 3.79. The zero-order chi connectivity index (χ0) is 17.7. The van der Waals surface area contributed by atoms with Gasteiger partial charge >= 0.3 is 12.2 Å². The molecule has 0 aliphatic rings. The number of nitrogens with one attached hydrogen (secondary N) is 2. The highest BCUT2D eigenvalue weighted by Gasteiger charge is 2.30. The van der Waals surface area contributed by atoms with Crippen molar-refractivity contribution in [1.82, 2.24) is 20.8 Å². The average Bonchev–Trinajstić information content (AvgIpc) is 2.92. The highest BCUT2D eigenvalue weighted by atomic mass is 19.4. The van der Waals surface area contributed by atoms with Gasteiger partial charge in [0.05, 0.1) is 11.6 Å². The standard InChI is InChI=1S/C15H17F3N4O2/c1-9(11-4-3-5-12(8-11)15(16,17)18)20-14(23)19-7-6-13-21-10(2)22-24-13/h3-5,8-9H,6-7H2,1-2H3,(H2,19,20,23)/t9-/m1/s1. The monoisotopic (exact) mass is 342 g/mol. The second kappa shape index (κ2) is 7.33. The molecule has 0 saturated carbocycles. The zero-order valence-corrected chi connectivity index (χ0v) is 13.1. The number of urea groups is 1. The summed E-state index contributed by atoms with van der Waals surface area (Å²) in [6.45, 7) is 3.56. The number of carbonyl (C=O) groups excluding carboxylic acids is 1. The van der Waals surface area contributed by atoms with E-state index >= 15 is 0 Å². The zero-order valence-electron chi connectivity index (χ0n) is 13.1. The lowest BCUT2D eigenvalue weighted by Crippen LogP contribution is -2.38. The molecule has 9 heteroatoms. The van der Waals surface area contributed by atoms with Crippen LogP contribution in [0.2, 0.25) is 0 Å². The van der Waals surface area contributed by atoms with Gasteiger partial charge in [0, 0.05) is 13.0 Å². The molecule has 1 aromatic heterocycles. The number of nitrogens with zero attached hydrogens (tertiary/aromatic N) is 2. The minimum Gasteiger partial charge on any atom is -0.339 e. The van der Waals surface area contributed by atoms with Crippen LogP contribution in [-0.4, -0.2) is 22.7 Å². The predicted octanol–water partition coefficient (Wildman–Crippen LogP) is 3.00. The van der Waals surface area contributed by atoms with Crippen molar-refractivity contribution in [3.8, 4) is 0 Å². The van der Waals surface area contributed by atoms with Gasteiger partial charge in [-0.2, -0.15) is 18.2 Å². The SMILES string of the molecule is Cc1noc(CCNC(=O)N[C@H](C)c2cccc(C(F)(F)F)c2)n1. The van der Waals surface area contributed by atoms with Crippen LogP contribution in [0.4, 0.5) is 18.0 Å². The van der Waals surface area contributed by atoms with E-state index in [0.717, 1.165) is 12.1 Å². The molecule has 0 aliphatic carbocycles. The smallest absolute Gasteiger partial charge is 0.339 e. The number of aromatic nitrogens is 2. The van der Waals surface area contributed by atoms with Crippen molar-refractivity contribution >= 4 is 6.03 Å². The van der Waals surface area contributed by atoms with Crippen molar-refractivity contribution in [3.05, 3.63) is 47.1 Å². The molecule has 2 N–H and O–H groups in total. The van der Waals surface area contributed by atoms with E-state index in [0.29, 0.717) is 23.7 Å². The molecule has 130 valence electrons. The molecule has 2 aromatic rings. The number of benzene rings is 1. The van der Waals surface area contributed by atoms with E-state index in [1.165, 1.54) is 12.1 Å². The molecule has 0 bridgehead atoms. The number of hydrogen-bond acceptors (Lipinski definition) is 4. The maximum absolute atomic E-state index is 12.7. The van der Waals surface area contributed by atoms with Gasteiger partial charge in [-0.15, -0.1) is 0 Å². The second-order valence-corrected chi connectivity index (χ2v) is 5.23. The Morgan fingerprint density at radius 2 is 2.12 bits per heavy atom. The number of alkyl halides is 3. The predicted molar refractivity (Wildman–Crippen MR) is 79.1 cm³/mol. The van der Waals surface area contributed by atoms with Crippen molar-refractivity contribution in [2.45, 2.75) is 32.5 Å². The van der Waals surface area contributed by atoms with Gasteiger partial charge in [0.1, 0.15) is 0 Å². The third kappa shape index (κ3) is 4.97. The molecular formula is C15H17F3N4O2. The molecule has 1 heterocycles. The quantitative estimate of drug-likeness (QED) is 0.875. The first-order chi connectivity index (χ1) is 11.3. The van der Waals surface area contributed by atoms with Gasteiger partial charge in [0.15, 0.2) is 5.82 Å². The summed E-state index contributed by atoms with van der Waals surface area (Å²) in [7, 11) is 0. The number of aryl methyl sites for hydroxylation is 1. The van der Waals surface area contributed by atoms with E-state index in [-0.39, 0.29) is 6.54 Å². The molecule has 0 saturated heterocycles. The molecule has 0 fully saturated rings. The first-order valence-electron chi connectivity index (χ1n) is 7.26. The Labute approximate surface area is 136 Å². The third-order valence-electron chi connectivity index (χ3n) is 3.26. The molecule has 0 spiro atoms. The molecule has 24 heavy (non-hydrogen) atoms. The molecule has 6 nitrogen and oxygen atoms in total. The van der Waals surface area contributed by atoms with Crippen LogP contribution in [0.1, 0.15) is 35.8 Å². The summed E-state index contributed by atoms with van der Waals surface area (Å²) < 4.78 is 43.0. The number of rotatable bonds is 5. The van der Waals surface area contributed by atoms with Gasteiger partial charge in [-0.3, -0.25) is 0 Å². The van der Waals surface area contributed by atoms with E-state index in [1.54, 1.807) is 13.8 Å². The summed E-state index contributed by atoms with van der Waals surface area (Å²) in [5.41, 5.74) is -0.381. The minimum absolute atomic E-state index is 0.267. The maximum atomic E-state index is 12.7. The fourth-order valence-electron chi connectivity index (χ4n) is 2.04. The van der Waals surface area contributed by atoms with Crippen LogP contribution in [-0.2, 0) is 12.6 Å². The van der Waals surface area contributed by atoms with Crippen LogP contribution in [0.5, 0.6) is 0 Å². The van der Waals surface area contributed by atoms with E-state index < -0.39 is 23.8 Å². The summed E-state index contributed by atoms with van der Waals surface area (Å²) in [5, 5.41) is 8.79. The van der Waals surface area contributed by atoms with Crippen LogP contribution in [0.3, 0.4) is 0 Å². The number of hydrogen-bond donors (Lipinski definition) is 2. The number of halogens is 3. The second-order valence-electron chi connectivity index (χ2n) is 5.23. The molecule has 0 radical (unpaired) electrons. The van der Waals surface area contributed by atoms with E-state index in [1.807, 2.05) is 0 Å². The van der Waals surface area contributed by atoms with Crippen molar-refractivity contribution in [3.63, 3.8) is 0 Å². The molecule has 2 rings (SSSR count). The van der Waals surface area contributed by atoms with E-state index in [9.17, 15) is 18.0 Å². The molecule has 0 unspecified atom stereocenters. The van der Waals surface area contributed by atoms with E-state index in [2.05, 4.69) is 20.8 Å². The van der Waals surface area contributed by atoms with Crippen LogP contribution in [0.25, 0.3) is 0 Å². The fourth-order valence-corrected chi connectivity index (χ4v) is 2.04. The Morgan fingerprint density at radius 1 is 1.38 bits per heavy atom. The van der Waals surface area contributed by atoms with Gasteiger partial charge in [-0.05, 0) is 31.5 Å².